The molecule has 2 unspecified atom stereocenters. The first-order valence-corrected chi connectivity index (χ1v) is 20.3. The van der Waals surface area contributed by atoms with Gasteiger partial charge in [0.2, 0.25) is 0 Å². The number of unbranched alkanes of at least 4 members (excludes halogenated alkanes) is 30. The van der Waals surface area contributed by atoms with Crippen LogP contribution in [0.5, 0.6) is 0 Å². The van der Waals surface area contributed by atoms with Gasteiger partial charge in [0.25, 0.3) is 0 Å². The predicted octanol–water partition coefficient (Wildman–Crippen LogP) is 13.7. The molecule has 0 heterocycles. The van der Waals surface area contributed by atoms with E-state index < -0.39 is 0 Å². The molecule has 0 amide bonds. The number of hydrogen-bond donors (Lipinski definition) is 0. The fraction of sp³-hybridized carbons (Fsp3) is 1.00. The standard InChI is InChI=1S/C39H81O3P/c1-3-5-7-9-11-13-15-17-19-21-23-25-27-29-31-33-35-40-37-39(38-42-43)41-36-34-32-30-28-26-24-22-20-18-16-14-12-10-8-6-4-2/h39H,3-38,43H2,1-2H3. The molecule has 3 nitrogen and oxygen atoms in total. The summed E-state index contributed by atoms with van der Waals surface area (Å²) < 4.78 is 17.3. The third-order valence-corrected chi connectivity index (χ3v) is 9.27. The van der Waals surface area contributed by atoms with E-state index in [0.717, 1.165) is 19.6 Å². The minimum Gasteiger partial charge on any atom is -0.379 e. The third-order valence-electron chi connectivity index (χ3n) is 9.08. The summed E-state index contributed by atoms with van der Waals surface area (Å²) in [6.07, 6.45) is 45.0. The quantitative estimate of drug-likeness (QED) is 0.0501. The van der Waals surface area contributed by atoms with Gasteiger partial charge in [0.15, 0.2) is 0 Å². The zero-order valence-corrected chi connectivity index (χ0v) is 31.0. The molecular formula is C39H81O3P. The van der Waals surface area contributed by atoms with Crippen LogP contribution in [-0.4, -0.2) is 32.5 Å². The van der Waals surface area contributed by atoms with Crippen molar-refractivity contribution in [1.29, 1.82) is 0 Å². The van der Waals surface area contributed by atoms with E-state index in [9.17, 15) is 0 Å². The van der Waals surface area contributed by atoms with E-state index >= 15 is 0 Å². The molecule has 0 aliphatic carbocycles. The minimum atomic E-state index is 0.0647. The van der Waals surface area contributed by atoms with Gasteiger partial charge in [0.1, 0.15) is 6.10 Å². The molecule has 0 spiro atoms. The molecule has 0 fully saturated rings. The van der Waals surface area contributed by atoms with Gasteiger partial charge in [-0.2, -0.15) is 0 Å². The Labute approximate surface area is 274 Å². The zero-order chi connectivity index (χ0) is 31.2. The Morgan fingerprint density at radius 3 is 0.930 bits per heavy atom. The van der Waals surface area contributed by atoms with Gasteiger partial charge in [0.05, 0.1) is 13.2 Å². The fourth-order valence-electron chi connectivity index (χ4n) is 6.12. The van der Waals surface area contributed by atoms with E-state index in [0.29, 0.717) is 13.2 Å². The predicted molar refractivity (Wildman–Crippen MR) is 195 cm³/mol. The lowest BCUT2D eigenvalue weighted by atomic mass is 10.0. The van der Waals surface area contributed by atoms with Crippen molar-refractivity contribution in [2.75, 3.05) is 26.4 Å². The first-order valence-electron chi connectivity index (χ1n) is 19.9. The summed E-state index contributed by atoms with van der Waals surface area (Å²) in [6.45, 7) is 7.54. The van der Waals surface area contributed by atoms with E-state index in [2.05, 4.69) is 23.3 Å². The highest BCUT2D eigenvalue weighted by molar-refractivity contribution is 7.09. The van der Waals surface area contributed by atoms with E-state index in [-0.39, 0.29) is 6.10 Å². The summed E-state index contributed by atoms with van der Waals surface area (Å²) in [5.41, 5.74) is 0. The Hall–Kier alpha value is 0.310. The molecule has 0 rings (SSSR count). The SMILES string of the molecule is CCCCCCCCCCCCCCCCCCOCC(COP)OCCCCCCCCCCCCCCCCCC. The lowest BCUT2D eigenvalue weighted by molar-refractivity contribution is -0.0362. The summed E-state index contributed by atoms with van der Waals surface area (Å²) in [6, 6.07) is 0. The molecule has 0 N–H and O–H groups in total. The molecule has 0 aromatic heterocycles. The van der Waals surface area contributed by atoms with Gasteiger partial charge in [-0.3, -0.25) is 0 Å². The van der Waals surface area contributed by atoms with E-state index in [1.807, 2.05) is 0 Å². The summed E-state index contributed by atoms with van der Waals surface area (Å²) >= 11 is 0. The summed E-state index contributed by atoms with van der Waals surface area (Å²) in [4.78, 5) is 0. The highest BCUT2D eigenvalue weighted by Crippen LogP contribution is 2.15. The molecule has 0 bridgehead atoms. The van der Waals surface area contributed by atoms with Crippen LogP contribution in [0.4, 0.5) is 0 Å². The largest absolute Gasteiger partial charge is 0.379 e. The van der Waals surface area contributed by atoms with Crippen molar-refractivity contribution in [2.24, 2.45) is 0 Å². The van der Waals surface area contributed by atoms with Crippen LogP contribution in [0.3, 0.4) is 0 Å². The van der Waals surface area contributed by atoms with Crippen LogP contribution in [-0.2, 0) is 14.0 Å². The van der Waals surface area contributed by atoms with Gasteiger partial charge >= 0.3 is 0 Å². The smallest absolute Gasteiger partial charge is 0.104 e. The van der Waals surface area contributed by atoms with Gasteiger partial charge in [-0.1, -0.05) is 206 Å². The van der Waals surface area contributed by atoms with Crippen LogP contribution in [0.25, 0.3) is 0 Å². The molecule has 2 atom stereocenters. The van der Waals surface area contributed by atoms with Crippen LogP contribution in [0.15, 0.2) is 0 Å². The monoisotopic (exact) mass is 629 g/mol. The Morgan fingerprint density at radius 2 is 0.628 bits per heavy atom. The normalized spacial score (nSPS) is 12.3. The number of rotatable bonds is 39. The van der Waals surface area contributed by atoms with E-state index in [4.69, 9.17) is 14.0 Å². The number of ether oxygens (including phenoxy) is 2. The van der Waals surface area contributed by atoms with Crippen molar-refractivity contribution in [3.05, 3.63) is 0 Å². The van der Waals surface area contributed by atoms with Crippen LogP contribution >= 0.6 is 9.47 Å². The second kappa shape index (κ2) is 40.3. The number of hydrogen-bond acceptors (Lipinski definition) is 3. The Morgan fingerprint density at radius 1 is 0.349 bits per heavy atom. The van der Waals surface area contributed by atoms with Gasteiger partial charge in [-0.05, 0) is 12.8 Å². The van der Waals surface area contributed by atoms with Gasteiger partial charge in [0, 0.05) is 22.7 Å². The summed E-state index contributed by atoms with van der Waals surface area (Å²) in [7, 11) is 2.36. The van der Waals surface area contributed by atoms with Crippen LogP contribution in [0.1, 0.15) is 219 Å². The van der Waals surface area contributed by atoms with E-state index in [1.165, 1.54) is 199 Å². The summed E-state index contributed by atoms with van der Waals surface area (Å²) in [5, 5.41) is 0. The van der Waals surface area contributed by atoms with Crippen molar-refractivity contribution in [1.82, 2.24) is 0 Å². The summed E-state index contributed by atoms with van der Waals surface area (Å²) in [5.74, 6) is 0. The molecule has 0 aromatic carbocycles. The Balaban J connectivity index is 3.34. The Bertz CT molecular complexity index is 475. The molecule has 0 aromatic rings. The average Bonchev–Trinajstić information content (AvgIpc) is 3.01. The average molecular weight is 629 g/mol. The van der Waals surface area contributed by atoms with Crippen LogP contribution in [0.2, 0.25) is 0 Å². The maximum Gasteiger partial charge on any atom is 0.104 e. The highest BCUT2D eigenvalue weighted by atomic mass is 31.0. The van der Waals surface area contributed by atoms with Crippen molar-refractivity contribution in [2.45, 2.75) is 225 Å². The molecule has 4 heteroatoms. The van der Waals surface area contributed by atoms with E-state index in [1.54, 1.807) is 0 Å². The van der Waals surface area contributed by atoms with Crippen molar-refractivity contribution >= 4 is 9.47 Å². The molecule has 260 valence electrons. The zero-order valence-electron chi connectivity index (χ0n) is 29.8. The van der Waals surface area contributed by atoms with Crippen molar-refractivity contribution in [3.8, 4) is 0 Å². The molecule has 43 heavy (non-hydrogen) atoms. The fourth-order valence-corrected chi connectivity index (χ4v) is 6.33. The molecular weight excluding hydrogens is 547 g/mol. The third kappa shape index (κ3) is 38.4. The van der Waals surface area contributed by atoms with Gasteiger partial charge in [-0.25, -0.2) is 0 Å². The lowest BCUT2D eigenvalue weighted by Gasteiger charge is -2.17. The lowest BCUT2D eigenvalue weighted by Crippen LogP contribution is -2.25. The minimum absolute atomic E-state index is 0.0647. The van der Waals surface area contributed by atoms with Crippen LogP contribution < -0.4 is 0 Å². The highest BCUT2D eigenvalue weighted by Gasteiger charge is 2.09. The molecule has 0 saturated carbocycles. The second-order valence-electron chi connectivity index (χ2n) is 13.5. The van der Waals surface area contributed by atoms with Gasteiger partial charge < -0.3 is 14.0 Å². The topological polar surface area (TPSA) is 27.7 Å². The first-order chi connectivity index (χ1) is 21.3. The second-order valence-corrected chi connectivity index (χ2v) is 13.8. The molecule has 0 aliphatic heterocycles. The van der Waals surface area contributed by atoms with Crippen LogP contribution in [0, 0.1) is 0 Å². The van der Waals surface area contributed by atoms with Crippen molar-refractivity contribution < 1.29 is 14.0 Å². The first kappa shape index (κ1) is 43.3. The maximum atomic E-state index is 6.07. The molecule has 0 saturated heterocycles. The van der Waals surface area contributed by atoms with Gasteiger partial charge in [-0.15, -0.1) is 0 Å². The Kier molecular flexibility index (Phi) is 40.6. The maximum absolute atomic E-state index is 6.07. The van der Waals surface area contributed by atoms with Crippen molar-refractivity contribution in [3.63, 3.8) is 0 Å². The molecule has 0 aliphatic rings. The molecule has 0 radical (unpaired) electrons.